The molecule has 1 aliphatic rings. The van der Waals surface area contributed by atoms with E-state index in [-0.39, 0.29) is 24.0 Å². The van der Waals surface area contributed by atoms with Gasteiger partial charge in [0.25, 0.3) is 10.0 Å². The summed E-state index contributed by atoms with van der Waals surface area (Å²) in [5.74, 6) is -0.648. The van der Waals surface area contributed by atoms with Gasteiger partial charge in [0.05, 0.1) is 5.92 Å². The van der Waals surface area contributed by atoms with Gasteiger partial charge < -0.3 is 9.47 Å². The van der Waals surface area contributed by atoms with Crippen molar-refractivity contribution in [3.8, 4) is 0 Å². The molecule has 2 amide bonds. The molecule has 116 valence electrons. The van der Waals surface area contributed by atoms with Crippen LogP contribution in [0.4, 0.5) is 0 Å². The summed E-state index contributed by atoms with van der Waals surface area (Å²) < 4.78 is 27.9. The second-order valence-corrected chi connectivity index (χ2v) is 6.63. The van der Waals surface area contributed by atoms with Crippen LogP contribution in [-0.4, -0.2) is 47.8 Å². The maximum atomic E-state index is 12.1. The summed E-state index contributed by atoms with van der Waals surface area (Å²) in [5, 5.41) is -0.169. The van der Waals surface area contributed by atoms with E-state index in [2.05, 4.69) is 4.98 Å². The normalized spacial score (nSPS) is 15.7. The summed E-state index contributed by atoms with van der Waals surface area (Å²) in [5.41, 5.74) is 0. The van der Waals surface area contributed by atoms with E-state index in [0.29, 0.717) is 12.4 Å². The molecule has 0 atom stereocenters. The van der Waals surface area contributed by atoms with Gasteiger partial charge in [-0.3, -0.25) is 9.59 Å². The topological polar surface area (TPSA) is 101 Å². The number of sulfonamides is 1. The lowest BCUT2D eigenvalue weighted by Crippen LogP contribution is -2.55. The van der Waals surface area contributed by atoms with Crippen LogP contribution in [0.15, 0.2) is 11.2 Å². The Kier molecular flexibility index (Phi) is 4.04. The Balaban J connectivity index is 2.04. The van der Waals surface area contributed by atoms with Gasteiger partial charge in [0.15, 0.2) is 5.03 Å². The fourth-order valence-corrected chi connectivity index (χ4v) is 3.15. The van der Waals surface area contributed by atoms with Gasteiger partial charge in [0.1, 0.15) is 5.82 Å². The third-order valence-electron chi connectivity index (χ3n) is 3.50. The van der Waals surface area contributed by atoms with Gasteiger partial charge in [-0.05, 0) is 13.8 Å². The number of imidazole rings is 1. The first kappa shape index (κ1) is 15.5. The molecule has 1 N–H and O–H groups in total. The van der Waals surface area contributed by atoms with Gasteiger partial charge >= 0.3 is 0 Å². The first-order valence-corrected chi connectivity index (χ1v) is 8.09. The van der Waals surface area contributed by atoms with Gasteiger partial charge in [-0.15, -0.1) is 0 Å². The van der Waals surface area contributed by atoms with Gasteiger partial charge in [-0.25, -0.2) is 9.71 Å². The number of nitrogens with zero attached hydrogens (tertiary/aromatic N) is 3. The number of likely N-dealkylation sites (tertiary alicyclic amines) is 1. The average molecular weight is 314 g/mol. The lowest BCUT2D eigenvalue weighted by Gasteiger charge is -2.37. The average Bonchev–Trinajstić information content (AvgIpc) is 2.68. The van der Waals surface area contributed by atoms with Crippen molar-refractivity contribution in [1.29, 1.82) is 0 Å². The summed E-state index contributed by atoms with van der Waals surface area (Å²) in [6.07, 6.45) is 1.40. The highest BCUT2D eigenvalue weighted by molar-refractivity contribution is 7.90. The molecule has 0 radical (unpaired) electrons. The third-order valence-corrected chi connectivity index (χ3v) is 4.72. The minimum atomic E-state index is -3.97. The van der Waals surface area contributed by atoms with E-state index < -0.39 is 21.8 Å². The van der Waals surface area contributed by atoms with Crippen molar-refractivity contribution < 1.29 is 18.0 Å². The van der Waals surface area contributed by atoms with E-state index in [1.165, 1.54) is 18.0 Å². The number of amides is 2. The largest absolute Gasteiger partial charge is 0.341 e. The quantitative estimate of drug-likeness (QED) is 0.807. The van der Waals surface area contributed by atoms with Crippen LogP contribution in [0.1, 0.15) is 19.7 Å². The van der Waals surface area contributed by atoms with Crippen molar-refractivity contribution in [2.45, 2.75) is 32.3 Å². The Hall–Kier alpha value is -1.90. The van der Waals surface area contributed by atoms with Crippen molar-refractivity contribution >= 4 is 21.8 Å². The minimum absolute atomic E-state index is 0.126. The number of hydrogen-bond acceptors (Lipinski definition) is 5. The molecule has 0 aromatic carbocycles. The Bertz CT molecular complexity index is 673. The highest BCUT2D eigenvalue weighted by Gasteiger charge is 2.36. The van der Waals surface area contributed by atoms with Crippen molar-refractivity contribution in [2.24, 2.45) is 5.92 Å². The fraction of sp³-hybridized carbons (Fsp3) is 0.583. The number of aryl methyl sites for hydroxylation is 2. The second kappa shape index (κ2) is 5.47. The second-order valence-electron chi connectivity index (χ2n) is 5.00. The number of carbonyl (C=O) groups is 2. The third kappa shape index (κ3) is 3.07. The Morgan fingerprint density at radius 1 is 1.43 bits per heavy atom. The predicted octanol–water partition coefficient (Wildman–Crippen LogP) is -0.505. The summed E-state index contributed by atoms with van der Waals surface area (Å²) in [6, 6.07) is 0. The molecule has 9 heteroatoms. The zero-order valence-corrected chi connectivity index (χ0v) is 13.0. The zero-order chi connectivity index (χ0) is 15.8. The van der Waals surface area contributed by atoms with Gasteiger partial charge in [0, 0.05) is 32.8 Å². The molecule has 0 spiro atoms. The molecule has 1 saturated heterocycles. The van der Waals surface area contributed by atoms with Crippen molar-refractivity contribution in [1.82, 2.24) is 19.2 Å². The molecule has 0 bridgehead atoms. The number of hydrogen-bond donors (Lipinski definition) is 1. The molecule has 2 rings (SSSR count). The molecule has 21 heavy (non-hydrogen) atoms. The molecule has 1 aromatic heterocycles. The van der Waals surface area contributed by atoms with Crippen LogP contribution in [0.5, 0.6) is 0 Å². The Morgan fingerprint density at radius 3 is 2.52 bits per heavy atom. The van der Waals surface area contributed by atoms with Crippen LogP contribution >= 0.6 is 0 Å². The summed E-state index contributed by atoms with van der Waals surface area (Å²) >= 11 is 0. The summed E-state index contributed by atoms with van der Waals surface area (Å²) in [4.78, 5) is 28.3. The zero-order valence-electron chi connectivity index (χ0n) is 12.2. The van der Waals surface area contributed by atoms with Gasteiger partial charge in [-0.2, -0.15) is 8.42 Å². The van der Waals surface area contributed by atoms with E-state index in [0.717, 1.165) is 0 Å². The van der Waals surface area contributed by atoms with E-state index in [4.69, 9.17) is 0 Å². The number of carbonyl (C=O) groups excluding carboxylic acids is 2. The number of rotatable bonds is 4. The maximum absolute atomic E-state index is 12.1. The van der Waals surface area contributed by atoms with Crippen LogP contribution < -0.4 is 4.72 Å². The van der Waals surface area contributed by atoms with Crippen molar-refractivity contribution in [3.05, 3.63) is 12.0 Å². The lowest BCUT2D eigenvalue weighted by molar-refractivity contribution is -0.140. The maximum Gasteiger partial charge on any atom is 0.283 e. The molecule has 1 aromatic rings. The van der Waals surface area contributed by atoms with E-state index >= 15 is 0 Å². The summed E-state index contributed by atoms with van der Waals surface area (Å²) in [6.45, 7) is 6.07. The van der Waals surface area contributed by atoms with Crippen LogP contribution in [0.3, 0.4) is 0 Å². The fourth-order valence-electron chi connectivity index (χ4n) is 2.10. The van der Waals surface area contributed by atoms with E-state index in [1.54, 1.807) is 11.5 Å². The Morgan fingerprint density at radius 2 is 2.05 bits per heavy atom. The first-order chi connectivity index (χ1) is 9.74. The minimum Gasteiger partial charge on any atom is -0.341 e. The summed E-state index contributed by atoms with van der Waals surface area (Å²) in [7, 11) is -3.97. The first-order valence-electron chi connectivity index (χ1n) is 6.60. The van der Waals surface area contributed by atoms with Crippen LogP contribution in [0, 0.1) is 12.8 Å². The monoisotopic (exact) mass is 314 g/mol. The SMILES string of the molecule is CCn1cc(S(=O)(=O)NC(=O)C2CN(C(C)=O)C2)nc1C. The van der Waals surface area contributed by atoms with Crippen LogP contribution in [-0.2, 0) is 26.2 Å². The number of aromatic nitrogens is 2. The molecule has 0 unspecified atom stereocenters. The Labute approximate surface area is 123 Å². The number of nitrogens with one attached hydrogen (secondary N) is 1. The van der Waals surface area contributed by atoms with E-state index in [1.807, 2.05) is 11.6 Å². The molecule has 1 aliphatic heterocycles. The molecule has 2 heterocycles. The van der Waals surface area contributed by atoms with E-state index in [9.17, 15) is 18.0 Å². The molecule has 1 fully saturated rings. The predicted molar refractivity (Wildman–Crippen MR) is 73.7 cm³/mol. The lowest BCUT2D eigenvalue weighted by atomic mass is 10.00. The van der Waals surface area contributed by atoms with Crippen molar-refractivity contribution in [2.75, 3.05) is 13.1 Å². The van der Waals surface area contributed by atoms with Gasteiger partial charge in [-0.1, -0.05) is 0 Å². The molecular formula is C12H18N4O4S. The van der Waals surface area contributed by atoms with Crippen LogP contribution in [0.2, 0.25) is 0 Å². The highest BCUT2D eigenvalue weighted by atomic mass is 32.2. The molecule has 0 saturated carbocycles. The molecule has 8 nitrogen and oxygen atoms in total. The van der Waals surface area contributed by atoms with Crippen molar-refractivity contribution in [3.63, 3.8) is 0 Å². The highest BCUT2D eigenvalue weighted by Crippen LogP contribution is 2.17. The standard InChI is InChI=1S/C12H18N4O4S/c1-4-15-7-11(13-8(15)2)21(19,20)14-12(18)10-5-16(6-10)9(3)17/h7,10H,4-6H2,1-3H3,(H,14,18). The van der Waals surface area contributed by atoms with Gasteiger partial charge in [0.2, 0.25) is 11.8 Å². The molecule has 0 aliphatic carbocycles. The molecular weight excluding hydrogens is 296 g/mol. The van der Waals surface area contributed by atoms with Crippen LogP contribution in [0.25, 0.3) is 0 Å². The smallest absolute Gasteiger partial charge is 0.283 e.